The lowest BCUT2D eigenvalue weighted by Crippen LogP contribution is -2.46. The van der Waals surface area contributed by atoms with Gasteiger partial charge >= 0.3 is 0 Å². The maximum Gasteiger partial charge on any atom is 0.0101 e. The van der Waals surface area contributed by atoms with E-state index in [1.165, 1.54) is 0 Å². The van der Waals surface area contributed by atoms with Gasteiger partial charge in [-0.2, -0.15) is 11.8 Å². The molecule has 0 radical (unpaired) electrons. The van der Waals surface area contributed by atoms with Gasteiger partial charge in [-0.15, -0.1) is 0 Å². The molecule has 68 valence electrons. The first kappa shape index (κ1) is 7.73. The molecule has 12 heavy (non-hydrogen) atoms. The van der Waals surface area contributed by atoms with E-state index in [1.54, 1.807) is 32.1 Å². The molecule has 0 unspecified atom stereocenters. The number of hydrogen-bond donors (Lipinski definition) is 0. The zero-order valence-corrected chi connectivity index (χ0v) is 8.65. The lowest BCUT2D eigenvalue weighted by molar-refractivity contribution is 0.0268. The van der Waals surface area contributed by atoms with Crippen molar-refractivity contribution < 1.29 is 0 Å². The second-order valence-electron chi connectivity index (χ2n) is 5.13. The van der Waals surface area contributed by atoms with Crippen molar-refractivity contribution in [3.63, 3.8) is 0 Å². The van der Waals surface area contributed by atoms with Gasteiger partial charge in [0.15, 0.2) is 0 Å². The van der Waals surface area contributed by atoms with Crippen LogP contribution in [0.15, 0.2) is 0 Å². The molecule has 4 aliphatic carbocycles. The largest absolute Gasteiger partial charge is 0.161 e. The first-order chi connectivity index (χ1) is 5.86. The van der Waals surface area contributed by atoms with E-state index in [-0.39, 0.29) is 0 Å². The van der Waals surface area contributed by atoms with Crippen molar-refractivity contribution >= 4 is 11.8 Å². The van der Waals surface area contributed by atoms with Crippen LogP contribution in [0.3, 0.4) is 0 Å². The van der Waals surface area contributed by atoms with E-state index in [4.69, 9.17) is 0 Å². The number of thioether (sulfide) groups is 1. The van der Waals surface area contributed by atoms with E-state index in [9.17, 15) is 0 Å². The topological polar surface area (TPSA) is 0 Å². The molecule has 4 aliphatic rings. The molecule has 0 aliphatic heterocycles. The minimum absolute atomic E-state index is 1.05. The molecule has 0 nitrogen and oxygen atoms in total. The predicted octanol–water partition coefficient (Wildman–Crippen LogP) is 3.17. The molecule has 0 aromatic rings. The van der Waals surface area contributed by atoms with Crippen LogP contribution in [0.2, 0.25) is 0 Å². The van der Waals surface area contributed by atoms with Gasteiger partial charge in [-0.1, -0.05) is 0 Å². The van der Waals surface area contributed by atoms with E-state index in [0.717, 1.165) is 28.9 Å². The highest BCUT2D eigenvalue weighted by Crippen LogP contribution is 2.56. The summed E-state index contributed by atoms with van der Waals surface area (Å²) in [6.07, 6.45) is 10.2. The molecule has 4 rings (SSSR count). The molecule has 0 atom stereocenters. The molecular formula is C11H18S. The third-order valence-corrected chi connectivity index (χ3v) is 5.73. The first-order valence-corrected chi connectivity index (χ1v) is 6.68. The molecule has 0 aromatic carbocycles. The van der Waals surface area contributed by atoms with Gasteiger partial charge in [-0.05, 0) is 62.0 Å². The highest BCUT2D eigenvalue weighted by atomic mass is 32.2. The van der Waals surface area contributed by atoms with Crippen LogP contribution in [0.4, 0.5) is 0 Å². The fourth-order valence-corrected chi connectivity index (χ4v) is 5.47. The summed E-state index contributed by atoms with van der Waals surface area (Å²) in [5, 5.41) is 1.05. The van der Waals surface area contributed by atoms with E-state index in [2.05, 4.69) is 18.0 Å². The van der Waals surface area contributed by atoms with E-state index >= 15 is 0 Å². The summed E-state index contributed by atoms with van der Waals surface area (Å²) in [6.45, 7) is 0. The maximum atomic E-state index is 2.33. The molecular weight excluding hydrogens is 164 g/mol. The quantitative estimate of drug-likeness (QED) is 0.600. The van der Waals surface area contributed by atoms with Crippen LogP contribution in [-0.4, -0.2) is 11.5 Å². The molecule has 4 fully saturated rings. The van der Waals surface area contributed by atoms with Crippen molar-refractivity contribution in [1.82, 2.24) is 0 Å². The van der Waals surface area contributed by atoms with Gasteiger partial charge in [0, 0.05) is 5.25 Å². The third-order valence-electron chi connectivity index (χ3n) is 4.41. The number of hydrogen-bond acceptors (Lipinski definition) is 1. The summed E-state index contributed by atoms with van der Waals surface area (Å²) in [5.41, 5.74) is 0. The zero-order valence-electron chi connectivity index (χ0n) is 7.83. The van der Waals surface area contributed by atoms with Crippen LogP contribution in [-0.2, 0) is 0 Å². The molecule has 0 N–H and O–H groups in total. The van der Waals surface area contributed by atoms with E-state index in [1.807, 2.05) is 0 Å². The van der Waals surface area contributed by atoms with Gasteiger partial charge in [0.25, 0.3) is 0 Å². The van der Waals surface area contributed by atoms with Gasteiger partial charge in [0.1, 0.15) is 0 Å². The average Bonchev–Trinajstić information content (AvgIpc) is 2.02. The predicted molar refractivity (Wildman–Crippen MR) is 54.3 cm³/mol. The molecule has 1 heteroatoms. The van der Waals surface area contributed by atoms with Crippen molar-refractivity contribution in [3.8, 4) is 0 Å². The Morgan fingerprint density at radius 1 is 0.833 bits per heavy atom. The van der Waals surface area contributed by atoms with Gasteiger partial charge < -0.3 is 0 Å². The van der Waals surface area contributed by atoms with Crippen LogP contribution in [0, 0.1) is 23.7 Å². The Balaban J connectivity index is 1.86. The summed E-state index contributed by atoms with van der Waals surface area (Å²) < 4.78 is 0. The van der Waals surface area contributed by atoms with Crippen LogP contribution in [0.5, 0.6) is 0 Å². The van der Waals surface area contributed by atoms with E-state index < -0.39 is 0 Å². The van der Waals surface area contributed by atoms with Gasteiger partial charge in [0.05, 0.1) is 0 Å². The second kappa shape index (κ2) is 2.67. The molecule has 0 aromatic heterocycles. The van der Waals surface area contributed by atoms with Crippen molar-refractivity contribution in [2.75, 3.05) is 6.26 Å². The Kier molecular flexibility index (Phi) is 1.72. The summed E-state index contributed by atoms with van der Waals surface area (Å²) in [4.78, 5) is 0. The second-order valence-corrected chi connectivity index (χ2v) is 6.15. The summed E-state index contributed by atoms with van der Waals surface area (Å²) in [6, 6.07) is 0. The van der Waals surface area contributed by atoms with Crippen molar-refractivity contribution in [2.24, 2.45) is 23.7 Å². The van der Waals surface area contributed by atoms with Crippen LogP contribution in [0.25, 0.3) is 0 Å². The average molecular weight is 182 g/mol. The van der Waals surface area contributed by atoms with Crippen LogP contribution >= 0.6 is 11.8 Å². The lowest BCUT2D eigenvalue weighted by atomic mass is 9.56. The molecule has 0 amide bonds. The minimum atomic E-state index is 1.05. The van der Waals surface area contributed by atoms with Gasteiger partial charge in [0.2, 0.25) is 0 Å². The van der Waals surface area contributed by atoms with Crippen molar-refractivity contribution in [1.29, 1.82) is 0 Å². The Morgan fingerprint density at radius 3 is 1.75 bits per heavy atom. The van der Waals surface area contributed by atoms with Crippen LogP contribution < -0.4 is 0 Å². The lowest BCUT2D eigenvalue weighted by Gasteiger charge is -2.54. The SMILES string of the molecule is CSC1C2CC3CC(C2)CC1C3. The zero-order chi connectivity index (χ0) is 8.13. The Labute approximate surface area is 79.5 Å². The highest BCUT2D eigenvalue weighted by molar-refractivity contribution is 7.99. The standard InChI is InChI=1S/C11H18S/c1-12-11-9-3-7-2-8(5-9)6-10(11)4-7/h7-11H,2-6H2,1H3. The molecule has 0 heterocycles. The molecule has 0 spiro atoms. The van der Waals surface area contributed by atoms with Crippen LogP contribution in [0.1, 0.15) is 32.1 Å². The third kappa shape index (κ3) is 0.982. The fraction of sp³-hybridized carbons (Fsp3) is 1.00. The maximum absolute atomic E-state index is 2.33. The Bertz CT molecular complexity index is 159. The van der Waals surface area contributed by atoms with E-state index in [0.29, 0.717) is 0 Å². The summed E-state index contributed by atoms with van der Waals surface area (Å²) in [5.74, 6) is 4.54. The van der Waals surface area contributed by atoms with Crippen molar-refractivity contribution in [3.05, 3.63) is 0 Å². The smallest absolute Gasteiger partial charge is 0.0101 e. The normalized spacial score (nSPS) is 56.2. The van der Waals surface area contributed by atoms with Gasteiger partial charge in [-0.3, -0.25) is 0 Å². The molecule has 4 saturated carbocycles. The van der Waals surface area contributed by atoms with Crippen molar-refractivity contribution in [2.45, 2.75) is 37.4 Å². The minimum Gasteiger partial charge on any atom is -0.161 e. The Morgan fingerprint density at radius 2 is 1.33 bits per heavy atom. The summed E-state index contributed by atoms with van der Waals surface area (Å²) in [7, 11) is 0. The highest BCUT2D eigenvalue weighted by Gasteiger charge is 2.47. The Hall–Kier alpha value is 0.350. The summed E-state index contributed by atoms with van der Waals surface area (Å²) >= 11 is 2.16. The molecule has 0 saturated heterocycles. The fourth-order valence-electron chi connectivity index (χ4n) is 4.26. The first-order valence-electron chi connectivity index (χ1n) is 5.39. The molecule has 4 bridgehead atoms. The van der Waals surface area contributed by atoms with Gasteiger partial charge in [-0.25, -0.2) is 0 Å². The monoisotopic (exact) mass is 182 g/mol. The number of rotatable bonds is 1.